The van der Waals surface area contributed by atoms with E-state index < -0.39 is 5.56 Å². The second kappa shape index (κ2) is 15.8. The molecule has 0 fully saturated rings. The van der Waals surface area contributed by atoms with E-state index in [0.717, 1.165) is 48.7 Å². The minimum atomic E-state index is -0.393. The highest BCUT2D eigenvalue weighted by Gasteiger charge is 2.18. The van der Waals surface area contributed by atoms with Crippen LogP contribution in [0.4, 0.5) is 5.69 Å². The summed E-state index contributed by atoms with van der Waals surface area (Å²) in [5.41, 5.74) is 5.03. The number of hydrogen-bond donors (Lipinski definition) is 2. The zero-order valence-electron chi connectivity index (χ0n) is 24.3. The maximum absolute atomic E-state index is 13.4. The number of ether oxygens (including phenoxy) is 1. The molecule has 0 radical (unpaired) electrons. The van der Waals surface area contributed by atoms with Gasteiger partial charge in [0.2, 0.25) is 5.75 Å². The maximum atomic E-state index is 13.4. The summed E-state index contributed by atoms with van der Waals surface area (Å²) in [5.74, 6) is -0.0498. The van der Waals surface area contributed by atoms with E-state index in [4.69, 9.17) is 4.74 Å². The minimum Gasteiger partial charge on any atom is -0.500 e. The van der Waals surface area contributed by atoms with Gasteiger partial charge < -0.3 is 19.7 Å². The van der Waals surface area contributed by atoms with Crippen molar-refractivity contribution in [3.05, 3.63) is 87.7 Å². The van der Waals surface area contributed by atoms with Gasteiger partial charge in [-0.3, -0.25) is 4.79 Å². The van der Waals surface area contributed by atoms with Crippen molar-refractivity contribution in [2.24, 2.45) is 0 Å². The minimum absolute atomic E-state index is 0.261. The Morgan fingerprint density at radius 2 is 1.72 bits per heavy atom. The van der Waals surface area contributed by atoms with Gasteiger partial charge in [0.15, 0.2) is 5.75 Å². The number of nitrogens with one attached hydrogen (secondary N) is 1. The average molecular weight is 531 g/mol. The standard InChI is InChI=1S/C34H46N2O3/c1-5-6-7-8-9-13-22-36-31-24-29(35-25-28-17-11-10-12-18-28)19-20-30(31)33(32(37)34(36)38)39-23-21-27(4)16-14-15-26(2)3/h10-12,15,17-21,24,35,37H,5-9,13-14,16,22-23,25H2,1-4H3/b27-21+. The van der Waals surface area contributed by atoms with Crippen LogP contribution in [0.1, 0.15) is 84.6 Å². The molecule has 1 aromatic heterocycles. The van der Waals surface area contributed by atoms with Gasteiger partial charge in [-0.15, -0.1) is 0 Å². The van der Waals surface area contributed by atoms with E-state index in [2.05, 4.69) is 51.2 Å². The first-order valence-corrected chi connectivity index (χ1v) is 14.5. The quantitative estimate of drug-likeness (QED) is 0.144. The fourth-order valence-electron chi connectivity index (χ4n) is 4.70. The van der Waals surface area contributed by atoms with Crippen molar-refractivity contribution >= 4 is 16.6 Å². The van der Waals surface area contributed by atoms with Gasteiger partial charge in [-0.05, 0) is 69.9 Å². The fourth-order valence-corrected chi connectivity index (χ4v) is 4.70. The van der Waals surface area contributed by atoms with Crippen LogP contribution < -0.4 is 15.6 Å². The maximum Gasteiger partial charge on any atom is 0.297 e. The second-order valence-corrected chi connectivity index (χ2v) is 10.7. The van der Waals surface area contributed by atoms with Crippen LogP contribution in [0, 0.1) is 0 Å². The summed E-state index contributed by atoms with van der Waals surface area (Å²) < 4.78 is 7.76. The van der Waals surface area contributed by atoms with E-state index in [1.807, 2.05) is 42.5 Å². The van der Waals surface area contributed by atoms with Gasteiger partial charge in [0.25, 0.3) is 5.56 Å². The Hall–Kier alpha value is -3.47. The highest BCUT2D eigenvalue weighted by Crippen LogP contribution is 2.34. The number of allylic oxidation sites excluding steroid dienone is 3. The molecular weight excluding hydrogens is 484 g/mol. The molecule has 2 aromatic carbocycles. The van der Waals surface area contributed by atoms with E-state index in [1.54, 1.807) is 4.57 Å². The molecule has 210 valence electrons. The summed E-state index contributed by atoms with van der Waals surface area (Å²) in [4.78, 5) is 13.4. The smallest absolute Gasteiger partial charge is 0.297 e. The van der Waals surface area contributed by atoms with Gasteiger partial charge in [-0.25, -0.2) is 0 Å². The normalized spacial score (nSPS) is 11.5. The number of aromatic nitrogens is 1. The van der Waals surface area contributed by atoms with Crippen LogP contribution in [0.15, 0.2) is 76.6 Å². The fraction of sp³-hybridized carbons (Fsp3) is 0.441. The molecule has 5 heteroatoms. The summed E-state index contributed by atoms with van der Waals surface area (Å²) in [5, 5.41) is 15.2. The molecular formula is C34H46N2O3. The Labute approximate surface area is 234 Å². The van der Waals surface area contributed by atoms with Crippen LogP contribution in [-0.4, -0.2) is 16.3 Å². The third-order valence-corrected chi connectivity index (χ3v) is 7.02. The van der Waals surface area contributed by atoms with Crippen molar-refractivity contribution in [2.75, 3.05) is 11.9 Å². The molecule has 2 N–H and O–H groups in total. The van der Waals surface area contributed by atoms with Crippen LogP contribution >= 0.6 is 0 Å². The van der Waals surface area contributed by atoms with Gasteiger partial charge >= 0.3 is 0 Å². The number of unbranched alkanes of at least 4 members (excludes halogenated alkanes) is 5. The van der Waals surface area contributed by atoms with E-state index >= 15 is 0 Å². The highest BCUT2D eigenvalue weighted by molar-refractivity contribution is 5.90. The zero-order chi connectivity index (χ0) is 28.0. The average Bonchev–Trinajstić information content (AvgIpc) is 2.93. The van der Waals surface area contributed by atoms with Crippen LogP contribution in [0.2, 0.25) is 0 Å². The lowest BCUT2D eigenvalue weighted by Gasteiger charge is -2.17. The number of benzene rings is 2. The molecule has 3 rings (SSSR count). The molecule has 5 nitrogen and oxygen atoms in total. The Morgan fingerprint density at radius 3 is 2.46 bits per heavy atom. The molecule has 0 aliphatic carbocycles. The van der Waals surface area contributed by atoms with E-state index in [9.17, 15) is 9.90 Å². The molecule has 0 amide bonds. The number of aromatic hydroxyl groups is 1. The monoisotopic (exact) mass is 530 g/mol. The number of aryl methyl sites for hydroxylation is 1. The van der Waals surface area contributed by atoms with Gasteiger partial charge in [-0.1, -0.05) is 86.6 Å². The molecule has 0 unspecified atom stereocenters. The van der Waals surface area contributed by atoms with Crippen LogP contribution in [0.25, 0.3) is 10.9 Å². The summed E-state index contributed by atoms with van der Waals surface area (Å²) in [6.07, 6.45) is 13.0. The first kappa shape index (κ1) is 30.1. The topological polar surface area (TPSA) is 63.5 Å². The van der Waals surface area contributed by atoms with Crippen molar-refractivity contribution in [2.45, 2.75) is 92.2 Å². The molecule has 0 aliphatic rings. The van der Waals surface area contributed by atoms with Gasteiger partial charge in [0.05, 0.1) is 5.52 Å². The predicted octanol–water partition coefficient (Wildman–Crippen LogP) is 8.75. The van der Waals surface area contributed by atoms with Gasteiger partial charge in [0, 0.05) is 24.2 Å². The number of pyridine rings is 1. The predicted molar refractivity (Wildman–Crippen MR) is 165 cm³/mol. The van der Waals surface area contributed by atoms with E-state index in [-0.39, 0.29) is 11.5 Å². The molecule has 0 spiro atoms. The van der Waals surface area contributed by atoms with Crippen LogP contribution in [0.3, 0.4) is 0 Å². The summed E-state index contributed by atoms with van der Waals surface area (Å²) in [6, 6.07) is 16.2. The van der Waals surface area contributed by atoms with E-state index in [0.29, 0.717) is 19.7 Å². The second-order valence-electron chi connectivity index (χ2n) is 10.7. The number of fused-ring (bicyclic) bond motifs is 1. The van der Waals surface area contributed by atoms with Crippen molar-refractivity contribution in [3.63, 3.8) is 0 Å². The third kappa shape index (κ3) is 9.35. The molecule has 0 bridgehead atoms. The molecule has 0 aliphatic heterocycles. The molecule has 1 heterocycles. The number of rotatable bonds is 16. The molecule has 0 saturated heterocycles. The lowest BCUT2D eigenvalue weighted by Crippen LogP contribution is -2.21. The zero-order valence-corrected chi connectivity index (χ0v) is 24.3. The Morgan fingerprint density at radius 1 is 0.974 bits per heavy atom. The SMILES string of the molecule is CCCCCCCCn1c(=O)c(O)c(OC/C=C(\C)CCC=C(C)C)c2ccc(NCc3ccccc3)cc21. The summed E-state index contributed by atoms with van der Waals surface area (Å²) >= 11 is 0. The van der Waals surface area contributed by atoms with E-state index in [1.165, 1.54) is 36.0 Å². The van der Waals surface area contributed by atoms with Gasteiger partial charge in [-0.2, -0.15) is 0 Å². The van der Waals surface area contributed by atoms with Gasteiger partial charge in [0.1, 0.15) is 6.61 Å². The largest absolute Gasteiger partial charge is 0.500 e. The van der Waals surface area contributed by atoms with Crippen LogP contribution in [0.5, 0.6) is 11.5 Å². The summed E-state index contributed by atoms with van der Waals surface area (Å²) in [6.45, 7) is 10.1. The lowest BCUT2D eigenvalue weighted by atomic mass is 10.1. The Kier molecular flexibility index (Phi) is 12.2. The number of hydrogen-bond acceptors (Lipinski definition) is 4. The Balaban J connectivity index is 1.85. The molecule has 0 atom stereocenters. The number of anilines is 1. The third-order valence-electron chi connectivity index (χ3n) is 7.02. The Bertz CT molecular complexity index is 1300. The van der Waals surface area contributed by atoms with Crippen molar-refractivity contribution < 1.29 is 9.84 Å². The lowest BCUT2D eigenvalue weighted by molar-refractivity contribution is 0.334. The number of nitrogens with zero attached hydrogens (tertiary/aromatic N) is 1. The first-order chi connectivity index (χ1) is 18.9. The highest BCUT2D eigenvalue weighted by atomic mass is 16.5. The molecule has 0 saturated carbocycles. The summed E-state index contributed by atoms with van der Waals surface area (Å²) in [7, 11) is 0. The van der Waals surface area contributed by atoms with Crippen molar-refractivity contribution in [1.82, 2.24) is 4.57 Å². The first-order valence-electron chi connectivity index (χ1n) is 14.5. The van der Waals surface area contributed by atoms with Crippen molar-refractivity contribution in [3.8, 4) is 11.5 Å². The molecule has 3 aromatic rings. The van der Waals surface area contributed by atoms with Crippen LogP contribution in [-0.2, 0) is 13.1 Å². The van der Waals surface area contributed by atoms with Crippen molar-refractivity contribution in [1.29, 1.82) is 0 Å². The molecule has 39 heavy (non-hydrogen) atoms.